The highest BCUT2D eigenvalue weighted by molar-refractivity contribution is 5.97. The van der Waals surface area contributed by atoms with E-state index in [4.69, 9.17) is 10.5 Å². The minimum absolute atomic E-state index is 0.246. The van der Waals surface area contributed by atoms with E-state index < -0.39 is 0 Å². The molecule has 0 atom stereocenters. The van der Waals surface area contributed by atoms with Gasteiger partial charge in [0.2, 0.25) is 0 Å². The molecule has 0 radical (unpaired) electrons. The zero-order valence-corrected chi connectivity index (χ0v) is 16.1. The Morgan fingerprint density at radius 1 is 0.600 bits per heavy atom. The molecule has 0 aliphatic carbocycles. The van der Waals surface area contributed by atoms with Gasteiger partial charge < -0.3 is 10.6 Å². The summed E-state index contributed by atoms with van der Waals surface area (Å²) in [6.45, 7) is 0.689. The Morgan fingerprint density at radius 2 is 0.933 bits per heavy atom. The summed E-state index contributed by atoms with van der Waals surface area (Å²) in [5.41, 5.74) is 3.82. The number of rotatable bonds is 6. The molecule has 3 aromatic rings. The number of hydrogen-bond donors (Lipinski definition) is 2. The van der Waals surface area contributed by atoms with Crippen LogP contribution in [0.2, 0.25) is 0 Å². The lowest BCUT2D eigenvalue weighted by molar-refractivity contribution is 0.0939. The van der Waals surface area contributed by atoms with Crippen LogP contribution in [0.3, 0.4) is 0 Å². The van der Waals surface area contributed by atoms with Crippen molar-refractivity contribution in [1.29, 1.82) is 10.5 Å². The van der Waals surface area contributed by atoms with E-state index in [0.717, 1.165) is 11.1 Å². The molecule has 3 aromatic carbocycles. The van der Waals surface area contributed by atoms with Crippen LogP contribution in [-0.4, -0.2) is 11.8 Å². The highest BCUT2D eigenvalue weighted by Gasteiger charge is 2.09. The zero-order valence-electron chi connectivity index (χ0n) is 16.1. The minimum Gasteiger partial charge on any atom is -0.348 e. The van der Waals surface area contributed by atoms with Crippen molar-refractivity contribution in [3.05, 3.63) is 106 Å². The number of nitrogens with one attached hydrogen (secondary N) is 2. The van der Waals surface area contributed by atoms with Gasteiger partial charge in [-0.05, 0) is 59.7 Å². The van der Waals surface area contributed by atoms with Gasteiger partial charge in [-0.1, -0.05) is 24.3 Å². The lowest BCUT2D eigenvalue weighted by Crippen LogP contribution is -2.24. The molecular weight excluding hydrogens is 376 g/mol. The minimum atomic E-state index is -0.246. The number of carbonyl (C=O) groups is 2. The molecule has 0 spiro atoms. The average Bonchev–Trinajstić information content (AvgIpc) is 2.81. The summed E-state index contributed by atoms with van der Waals surface area (Å²) in [6.07, 6.45) is 0. The van der Waals surface area contributed by atoms with E-state index in [1.165, 1.54) is 0 Å². The van der Waals surface area contributed by atoms with Crippen molar-refractivity contribution in [3.8, 4) is 12.1 Å². The van der Waals surface area contributed by atoms with Crippen molar-refractivity contribution < 1.29 is 9.59 Å². The summed E-state index contributed by atoms with van der Waals surface area (Å²) in [4.78, 5) is 24.6. The van der Waals surface area contributed by atoms with Gasteiger partial charge in [-0.15, -0.1) is 0 Å². The first-order valence-electron chi connectivity index (χ1n) is 9.23. The Labute approximate surface area is 174 Å². The molecule has 0 saturated carbocycles. The summed E-state index contributed by atoms with van der Waals surface area (Å²) in [6, 6.07) is 24.5. The standard InChI is InChI=1S/C24H18N4O2/c25-13-17-1-5-19(6-2-17)15-27-23(29)21-9-11-22(12-10-21)24(30)28-16-20-7-3-18(14-26)4-8-20/h1-12H,15-16H2,(H,27,29)(H,28,30). The quantitative estimate of drug-likeness (QED) is 0.669. The topological polar surface area (TPSA) is 106 Å². The van der Waals surface area contributed by atoms with Gasteiger partial charge in [0.15, 0.2) is 0 Å². The van der Waals surface area contributed by atoms with Crippen molar-refractivity contribution in [3.63, 3.8) is 0 Å². The molecule has 0 aliphatic rings. The Morgan fingerprint density at radius 3 is 1.23 bits per heavy atom. The second kappa shape index (κ2) is 9.68. The maximum absolute atomic E-state index is 12.3. The number of amides is 2. The maximum atomic E-state index is 12.3. The third-order valence-electron chi connectivity index (χ3n) is 4.48. The van der Waals surface area contributed by atoms with Crippen LogP contribution >= 0.6 is 0 Å². The van der Waals surface area contributed by atoms with Gasteiger partial charge in [0, 0.05) is 24.2 Å². The number of carbonyl (C=O) groups excluding carboxylic acids is 2. The normalized spacial score (nSPS) is 9.80. The summed E-state index contributed by atoms with van der Waals surface area (Å²) in [7, 11) is 0. The van der Waals surface area contributed by atoms with E-state index in [1.54, 1.807) is 72.8 Å². The van der Waals surface area contributed by atoms with Crippen molar-refractivity contribution in [1.82, 2.24) is 10.6 Å². The van der Waals surface area contributed by atoms with Gasteiger partial charge >= 0.3 is 0 Å². The Hall–Kier alpha value is -4.42. The van der Waals surface area contributed by atoms with Crippen LogP contribution in [0.5, 0.6) is 0 Å². The molecule has 3 rings (SSSR count). The largest absolute Gasteiger partial charge is 0.348 e. The first-order chi connectivity index (χ1) is 14.6. The van der Waals surface area contributed by atoms with E-state index in [0.29, 0.717) is 35.3 Å². The second-order valence-corrected chi connectivity index (χ2v) is 6.56. The van der Waals surface area contributed by atoms with E-state index in [9.17, 15) is 9.59 Å². The van der Waals surface area contributed by atoms with Crippen LogP contribution in [0.15, 0.2) is 72.8 Å². The molecule has 0 fully saturated rings. The van der Waals surface area contributed by atoms with E-state index in [2.05, 4.69) is 22.8 Å². The van der Waals surface area contributed by atoms with Crippen molar-refractivity contribution >= 4 is 11.8 Å². The van der Waals surface area contributed by atoms with Crippen molar-refractivity contribution in [2.75, 3.05) is 0 Å². The molecule has 0 saturated heterocycles. The first kappa shape index (κ1) is 20.3. The van der Waals surface area contributed by atoms with Crippen LogP contribution in [0.25, 0.3) is 0 Å². The number of benzene rings is 3. The fourth-order valence-corrected chi connectivity index (χ4v) is 2.74. The van der Waals surface area contributed by atoms with Gasteiger partial charge in [0.1, 0.15) is 0 Å². The van der Waals surface area contributed by atoms with Crippen molar-refractivity contribution in [2.45, 2.75) is 13.1 Å². The van der Waals surface area contributed by atoms with E-state index in [-0.39, 0.29) is 11.8 Å². The van der Waals surface area contributed by atoms with E-state index >= 15 is 0 Å². The summed E-state index contributed by atoms with van der Waals surface area (Å²) < 4.78 is 0. The molecule has 2 N–H and O–H groups in total. The van der Waals surface area contributed by atoms with E-state index in [1.807, 2.05) is 0 Å². The van der Waals surface area contributed by atoms with Gasteiger partial charge in [0.25, 0.3) is 11.8 Å². The first-order valence-corrected chi connectivity index (χ1v) is 9.23. The molecule has 6 nitrogen and oxygen atoms in total. The third-order valence-corrected chi connectivity index (χ3v) is 4.48. The molecule has 0 aromatic heterocycles. The highest BCUT2D eigenvalue weighted by Crippen LogP contribution is 2.08. The highest BCUT2D eigenvalue weighted by atomic mass is 16.2. The van der Waals surface area contributed by atoms with Gasteiger partial charge in [-0.3, -0.25) is 9.59 Å². The molecule has 0 heterocycles. The van der Waals surface area contributed by atoms with Crippen LogP contribution in [0.4, 0.5) is 0 Å². The predicted octanol–water partition coefficient (Wildman–Crippen LogP) is 3.29. The fraction of sp³-hybridized carbons (Fsp3) is 0.0833. The van der Waals surface area contributed by atoms with Gasteiger partial charge in [0.05, 0.1) is 23.3 Å². The molecular formula is C24H18N4O2. The Balaban J connectivity index is 1.52. The lowest BCUT2D eigenvalue weighted by Gasteiger charge is -2.08. The summed E-state index contributed by atoms with van der Waals surface area (Å²) >= 11 is 0. The SMILES string of the molecule is N#Cc1ccc(CNC(=O)c2ccc(C(=O)NCc3ccc(C#N)cc3)cc2)cc1. The number of nitriles is 2. The third kappa shape index (κ3) is 5.31. The van der Waals surface area contributed by atoms with Crippen LogP contribution < -0.4 is 10.6 Å². The smallest absolute Gasteiger partial charge is 0.251 e. The second-order valence-electron chi connectivity index (χ2n) is 6.56. The van der Waals surface area contributed by atoms with Crippen molar-refractivity contribution in [2.24, 2.45) is 0 Å². The molecule has 2 amide bonds. The number of nitrogens with zero attached hydrogens (tertiary/aromatic N) is 2. The van der Waals surface area contributed by atoms with Gasteiger partial charge in [-0.2, -0.15) is 10.5 Å². The molecule has 0 aliphatic heterocycles. The molecule has 6 heteroatoms. The summed E-state index contributed by atoms with van der Waals surface area (Å²) in [5.74, 6) is -0.493. The Kier molecular flexibility index (Phi) is 6.55. The summed E-state index contributed by atoms with van der Waals surface area (Å²) in [5, 5.41) is 23.2. The lowest BCUT2D eigenvalue weighted by atomic mass is 10.1. The molecule has 30 heavy (non-hydrogen) atoms. The molecule has 0 unspecified atom stereocenters. The van der Waals surface area contributed by atoms with Crippen LogP contribution in [0, 0.1) is 22.7 Å². The average molecular weight is 394 g/mol. The number of hydrogen-bond acceptors (Lipinski definition) is 4. The van der Waals surface area contributed by atoms with Crippen LogP contribution in [-0.2, 0) is 13.1 Å². The Bertz CT molecular complexity index is 1030. The molecule has 146 valence electrons. The monoisotopic (exact) mass is 394 g/mol. The zero-order chi connectivity index (χ0) is 21.3. The predicted molar refractivity (Wildman–Crippen MR) is 111 cm³/mol. The maximum Gasteiger partial charge on any atom is 0.251 e. The van der Waals surface area contributed by atoms with Crippen LogP contribution in [0.1, 0.15) is 43.0 Å². The van der Waals surface area contributed by atoms with Gasteiger partial charge in [-0.25, -0.2) is 0 Å². The molecule has 0 bridgehead atoms. The fourth-order valence-electron chi connectivity index (χ4n) is 2.74.